The van der Waals surface area contributed by atoms with Crippen molar-refractivity contribution in [1.82, 2.24) is 19.5 Å². The molecular weight excluding hydrogens is 278 g/mol. The molecule has 104 valence electrons. The maximum atomic E-state index is 10.9. The number of thioether (sulfide) groups is 1. The lowest BCUT2D eigenvalue weighted by molar-refractivity contribution is 0.0691. The number of aromatic carboxylic acids is 1. The molecule has 0 radical (unpaired) electrons. The number of carboxylic acid groups (broad SMARTS) is 1. The van der Waals surface area contributed by atoms with E-state index in [0.29, 0.717) is 5.82 Å². The molecule has 0 bridgehead atoms. The summed E-state index contributed by atoms with van der Waals surface area (Å²) in [7, 11) is 0. The molecule has 0 atom stereocenters. The number of anilines is 1. The van der Waals surface area contributed by atoms with E-state index in [1.807, 2.05) is 11.8 Å². The van der Waals surface area contributed by atoms with Gasteiger partial charge in [0.2, 0.25) is 0 Å². The van der Waals surface area contributed by atoms with E-state index < -0.39 is 5.97 Å². The van der Waals surface area contributed by atoms with Gasteiger partial charge in [0.05, 0.1) is 0 Å². The number of nitrogens with zero attached hydrogens (tertiary/aromatic N) is 5. The van der Waals surface area contributed by atoms with E-state index in [4.69, 9.17) is 5.11 Å². The Balaban J connectivity index is 1.97. The zero-order valence-corrected chi connectivity index (χ0v) is 11.5. The molecule has 3 rings (SSSR count). The zero-order valence-electron chi connectivity index (χ0n) is 10.6. The van der Waals surface area contributed by atoms with E-state index in [1.165, 1.54) is 12.5 Å². The molecule has 20 heavy (non-hydrogen) atoms. The summed E-state index contributed by atoms with van der Waals surface area (Å²) in [5.74, 6) is 2.44. The first kappa shape index (κ1) is 12.9. The topological polar surface area (TPSA) is 84.1 Å². The van der Waals surface area contributed by atoms with Crippen LogP contribution < -0.4 is 4.90 Å². The molecule has 1 saturated heterocycles. The highest BCUT2D eigenvalue weighted by molar-refractivity contribution is 7.99. The molecule has 0 aliphatic carbocycles. The molecule has 8 heteroatoms. The molecular formula is C12H13N5O2S. The summed E-state index contributed by atoms with van der Waals surface area (Å²) in [5, 5.41) is 8.94. The third-order valence-corrected chi connectivity index (χ3v) is 3.96. The third kappa shape index (κ3) is 2.46. The van der Waals surface area contributed by atoms with E-state index in [1.54, 1.807) is 17.0 Å². The standard InChI is InChI=1S/C12H13N5O2S/c18-12(19)9-7-17(8-15-9)11-10(13-1-2-14-11)16-3-5-20-6-4-16/h1-2,7-8H,3-6H2,(H,18,19). The second-order valence-corrected chi connectivity index (χ2v) is 5.50. The van der Waals surface area contributed by atoms with Crippen LogP contribution in [0.4, 0.5) is 5.82 Å². The molecule has 2 aromatic heterocycles. The highest BCUT2D eigenvalue weighted by Gasteiger charge is 2.18. The second-order valence-electron chi connectivity index (χ2n) is 4.27. The smallest absolute Gasteiger partial charge is 0.356 e. The summed E-state index contributed by atoms with van der Waals surface area (Å²) < 4.78 is 1.60. The van der Waals surface area contributed by atoms with Crippen molar-refractivity contribution in [1.29, 1.82) is 0 Å². The van der Waals surface area contributed by atoms with Gasteiger partial charge in [-0.3, -0.25) is 4.57 Å². The highest BCUT2D eigenvalue weighted by atomic mass is 32.2. The fraction of sp³-hybridized carbons (Fsp3) is 0.333. The van der Waals surface area contributed by atoms with Crippen molar-refractivity contribution in [3.05, 3.63) is 30.6 Å². The van der Waals surface area contributed by atoms with Crippen LogP contribution in [0.25, 0.3) is 5.82 Å². The molecule has 0 aromatic carbocycles. The van der Waals surface area contributed by atoms with E-state index >= 15 is 0 Å². The Morgan fingerprint density at radius 2 is 1.85 bits per heavy atom. The van der Waals surface area contributed by atoms with Crippen molar-refractivity contribution >= 4 is 23.5 Å². The molecule has 0 spiro atoms. The van der Waals surface area contributed by atoms with Crippen molar-refractivity contribution in [3.8, 4) is 5.82 Å². The van der Waals surface area contributed by atoms with Gasteiger partial charge in [-0.25, -0.2) is 19.7 Å². The fourth-order valence-electron chi connectivity index (χ4n) is 2.05. The van der Waals surface area contributed by atoms with Gasteiger partial charge < -0.3 is 10.0 Å². The molecule has 2 aromatic rings. The molecule has 0 unspecified atom stereocenters. The van der Waals surface area contributed by atoms with Gasteiger partial charge in [0.15, 0.2) is 17.3 Å². The Kier molecular flexibility index (Phi) is 3.55. The van der Waals surface area contributed by atoms with Crippen LogP contribution in [-0.2, 0) is 0 Å². The van der Waals surface area contributed by atoms with Gasteiger partial charge in [-0.15, -0.1) is 0 Å². The minimum absolute atomic E-state index is 0.00389. The highest BCUT2D eigenvalue weighted by Crippen LogP contribution is 2.22. The second kappa shape index (κ2) is 5.49. The number of aromatic nitrogens is 4. The summed E-state index contributed by atoms with van der Waals surface area (Å²) in [6.45, 7) is 1.83. The SMILES string of the molecule is O=C(O)c1cn(-c2nccnc2N2CCSCC2)cn1. The molecule has 0 amide bonds. The normalized spacial score (nSPS) is 15.3. The molecule has 3 heterocycles. The van der Waals surface area contributed by atoms with Gasteiger partial charge in [-0.1, -0.05) is 0 Å². The van der Waals surface area contributed by atoms with Crippen LogP contribution in [0.1, 0.15) is 10.5 Å². The quantitative estimate of drug-likeness (QED) is 0.899. The van der Waals surface area contributed by atoms with Crippen LogP contribution in [0.5, 0.6) is 0 Å². The summed E-state index contributed by atoms with van der Waals surface area (Å²) in [6.07, 6.45) is 6.15. The lowest BCUT2D eigenvalue weighted by Gasteiger charge is -2.28. The average molecular weight is 291 g/mol. The van der Waals surface area contributed by atoms with Crippen molar-refractivity contribution < 1.29 is 9.90 Å². The minimum Gasteiger partial charge on any atom is -0.476 e. The van der Waals surface area contributed by atoms with Gasteiger partial charge in [0, 0.05) is 43.2 Å². The van der Waals surface area contributed by atoms with Crippen LogP contribution in [0.3, 0.4) is 0 Å². The van der Waals surface area contributed by atoms with Gasteiger partial charge in [-0.05, 0) is 0 Å². The Labute approximate surface area is 119 Å². The molecule has 1 aliphatic heterocycles. The van der Waals surface area contributed by atoms with E-state index in [2.05, 4.69) is 19.9 Å². The number of carbonyl (C=O) groups is 1. The monoisotopic (exact) mass is 291 g/mol. The van der Waals surface area contributed by atoms with Crippen molar-refractivity contribution in [2.45, 2.75) is 0 Å². The molecule has 0 saturated carbocycles. The average Bonchev–Trinajstić information content (AvgIpc) is 2.98. The van der Waals surface area contributed by atoms with Crippen molar-refractivity contribution in [2.75, 3.05) is 29.5 Å². The van der Waals surface area contributed by atoms with E-state index in [9.17, 15) is 4.79 Å². The predicted octanol–water partition coefficient (Wildman–Crippen LogP) is 0.914. The molecule has 1 aliphatic rings. The van der Waals surface area contributed by atoms with Crippen molar-refractivity contribution in [2.24, 2.45) is 0 Å². The van der Waals surface area contributed by atoms with E-state index in [-0.39, 0.29) is 5.69 Å². The lowest BCUT2D eigenvalue weighted by Crippen LogP contribution is -2.34. The number of imidazole rings is 1. The van der Waals surface area contributed by atoms with Crippen LogP contribution in [0, 0.1) is 0 Å². The largest absolute Gasteiger partial charge is 0.476 e. The lowest BCUT2D eigenvalue weighted by atomic mass is 10.4. The Morgan fingerprint density at radius 1 is 1.15 bits per heavy atom. The van der Waals surface area contributed by atoms with Gasteiger partial charge in [-0.2, -0.15) is 11.8 Å². The van der Waals surface area contributed by atoms with Crippen molar-refractivity contribution in [3.63, 3.8) is 0 Å². The molecule has 7 nitrogen and oxygen atoms in total. The predicted molar refractivity (Wildman–Crippen MR) is 75.7 cm³/mol. The Bertz CT molecular complexity index is 624. The summed E-state index contributed by atoms with van der Waals surface area (Å²) in [5.41, 5.74) is -0.00389. The first-order chi connectivity index (χ1) is 9.75. The first-order valence-corrected chi connectivity index (χ1v) is 7.32. The summed E-state index contributed by atoms with van der Waals surface area (Å²) in [6, 6.07) is 0. The first-order valence-electron chi connectivity index (χ1n) is 6.17. The van der Waals surface area contributed by atoms with Crippen LogP contribution >= 0.6 is 11.8 Å². The third-order valence-electron chi connectivity index (χ3n) is 3.02. The number of hydrogen-bond donors (Lipinski definition) is 1. The summed E-state index contributed by atoms with van der Waals surface area (Å²) in [4.78, 5) is 25.6. The number of rotatable bonds is 3. The Hall–Kier alpha value is -2.09. The zero-order chi connectivity index (χ0) is 13.9. The fourth-order valence-corrected chi connectivity index (χ4v) is 2.96. The van der Waals surface area contributed by atoms with Crippen LogP contribution in [0.2, 0.25) is 0 Å². The number of hydrogen-bond acceptors (Lipinski definition) is 6. The summed E-state index contributed by atoms with van der Waals surface area (Å²) >= 11 is 1.92. The Morgan fingerprint density at radius 3 is 2.50 bits per heavy atom. The number of carboxylic acids is 1. The maximum absolute atomic E-state index is 10.9. The van der Waals surface area contributed by atoms with Gasteiger partial charge >= 0.3 is 5.97 Å². The van der Waals surface area contributed by atoms with E-state index in [0.717, 1.165) is 30.4 Å². The maximum Gasteiger partial charge on any atom is 0.356 e. The van der Waals surface area contributed by atoms with Gasteiger partial charge in [0.25, 0.3) is 0 Å². The minimum atomic E-state index is -1.05. The van der Waals surface area contributed by atoms with Gasteiger partial charge in [0.1, 0.15) is 6.33 Å². The van der Waals surface area contributed by atoms with Crippen LogP contribution in [0.15, 0.2) is 24.9 Å². The molecule has 1 fully saturated rings. The molecule has 1 N–H and O–H groups in total. The van der Waals surface area contributed by atoms with Crippen LogP contribution in [-0.4, -0.2) is 55.2 Å².